The summed E-state index contributed by atoms with van der Waals surface area (Å²) in [5.74, 6) is 0. The molecule has 0 heterocycles. The zero-order valence-corrected chi connectivity index (χ0v) is 3.42. The van der Waals surface area contributed by atoms with Crippen LogP contribution in [0.25, 0.3) is 0 Å². The van der Waals surface area contributed by atoms with Crippen molar-refractivity contribution in [2.75, 3.05) is 0 Å². The first-order chi connectivity index (χ1) is 1.73. The van der Waals surface area contributed by atoms with Crippen LogP contribution in [-0.4, -0.2) is 10.6 Å². The van der Waals surface area contributed by atoms with E-state index in [1.807, 2.05) is 0 Å². The molecule has 0 aliphatic rings. The first-order valence-electron chi connectivity index (χ1n) is 0.548. The van der Waals surface area contributed by atoms with Gasteiger partial charge in [-0.1, -0.05) is 0 Å². The van der Waals surface area contributed by atoms with E-state index in [-0.39, 0.29) is 22.0 Å². The van der Waals surface area contributed by atoms with E-state index in [1.165, 1.54) is 0 Å². The van der Waals surface area contributed by atoms with Crippen LogP contribution in [0.15, 0.2) is 0 Å². The Morgan fingerprint density at radius 1 is 1.33 bits per heavy atom. The van der Waals surface area contributed by atoms with Crippen LogP contribution in [0, 0.1) is 15.3 Å². The van der Waals surface area contributed by atoms with Crippen LogP contribution in [0.5, 0.6) is 0 Å². The molecule has 0 aromatic carbocycles. The molecule has 0 aliphatic carbocycles. The van der Waals surface area contributed by atoms with Gasteiger partial charge in [-0.15, -0.1) is 0 Å². The van der Waals surface area contributed by atoms with Gasteiger partial charge in [0.15, 0.2) is 0 Å². The van der Waals surface area contributed by atoms with Crippen LogP contribution in [0.2, 0.25) is 0 Å². The molecule has 0 radical (unpaired) electrons. The zero-order valence-electron chi connectivity index (χ0n) is 2.44. The fourth-order valence-electron chi connectivity index (χ4n) is 0. The third kappa shape index (κ3) is 214. The van der Waals surface area contributed by atoms with E-state index in [0.717, 1.165) is 0 Å². The largest absolute Gasteiger partial charge is 2.00 e. The Hall–Kier alpha value is -0.346. The number of hydrogen-bond acceptors (Lipinski definition) is 4. The van der Waals surface area contributed by atoms with Gasteiger partial charge in [0.1, 0.15) is 0 Å². The maximum Gasteiger partial charge on any atom is 2.00 e. The van der Waals surface area contributed by atoms with Crippen molar-refractivity contribution in [3.63, 3.8) is 0 Å². The van der Waals surface area contributed by atoms with Gasteiger partial charge in [0.2, 0.25) is 0 Å². The van der Waals surface area contributed by atoms with Crippen LogP contribution in [0.3, 0.4) is 0 Å². The summed E-state index contributed by atoms with van der Waals surface area (Å²) in [4.78, 5) is 8.25. The fourth-order valence-corrected chi connectivity index (χ4v) is 0. The zero-order chi connectivity index (χ0) is 3.58. The van der Waals surface area contributed by atoms with Gasteiger partial charge in [-0.05, 0) is 0 Å². The second kappa shape index (κ2) is 8.82. The smallest absolute Gasteiger partial charge is 0.870 e. The van der Waals surface area contributed by atoms with Crippen LogP contribution in [0.1, 0.15) is 0 Å². The predicted octanol–water partition coefficient (Wildman–Crippen LogP) is -0.418. The molecule has 0 unspecified atom stereocenters. The minimum Gasteiger partial charge on any atom is -0.870 e. The number of nitrogens with zero attached hydrogens (tertiary/aromatic N) is 1. The van der Waals surface area contributed by atoms with Crippen molar-refractivity contribution in [2.45, 2.75) is 0 Å². The summed E-state index contributed by atoms with van der Waals surface area (Å²) in [6.45, 7) is 0. The molecule has 6 heavy (non-hydrogen) atoms. The Morgan fingerprint density at radius 3 is 1.33 bits per heavy atom. The van der Waals surface area contributed by atoms with Crippen molar-refractivity contribution in [2.24, 2.45) is 0 Å². The Labute approximate surface area is 43.3 Å². The van der Waals surface area contributed by atoms with E-state index in [4.69, 9.17) is 15.3 Å². The van der Waals surface area contributed by atoms with Gasteiger partial charge in [0, 0.05) is 0 Å². The maximum atomic E-state index is 8.25. The van der Waals surface area contributed by atoms with Crippen molar-refractivity contribution in [1.29, 1.82) is 0 Å². The molecule has 0 atom stereocenters. The molecule has 0 aromatic heterocycles. The summed E-state index contributed by atoms with van der Waals surface area (Å²) in [5.41, 5.74) is 0. The summed E-state index contributed by atoms with van der Waals surface area (Å²) < 4.78 is 0. The fraction of sp³-hybridized carbons (Fsp3) is 0. The van der Waals surface area contributed by atoms with E-state index in [9.17, 15) is 0 Å². The molecule has 1 N–H and O–H groups in total. The second-order valence-corrected chi connectivity index (χ2v) is 0.224. The van der Waals surface area contributed by atoms with Gasteiger partial charge in [0.05, 0.1) is 5.09 Å². The minimum absolute atomic E-state index is 0. The molecule has 0 fully saturated rings. The van der Waals surface area contributed by atoms with Crippen molar-refractivity contribution in [3.8, 4) is 0 Å². The Balaban J connectivity index is -0.0000000450. The second-order valence-electron chi connectivity index (χ2n) is 0.224. The summed E-state index contributed by atoms with van der Waals surface area (Å²) in [6, 6.07) is 0. The standard InChI is InChI=1S/NO3.Ni.H2O/c2-1(3)4;;/h;;1H2/q-1;+2;/p-1. The molecule has 5 nitrogen and oxygen atoms in total. The molecule has 0 saturated carbocycles. The average molecular weight is 138 g/mol. The quantitative estimate of drug-likeness (QED) is 0.257. The van der Waals surface area contributed by atoms with E-state index in [1.54, 1.807) is 0 Å². The Kier molecular flexibility index (Phi) is 25.6. The molecule has 0 spiro atoms. The Bertz CT molecular complexity index is 30.5. The first kappa shape index (κ1) is 17.4. The predicted molar refractivity (Wildman–Crippen MR) is 12.3 cm³/mol. The van der Waals surface area contributed by atoms with E-state index < -0.39 is 5.09 Å². The van der Waals surface area contributed by atoms with Crippen LogP contribution in [0.4, 0.5) is 0 Å². The Morgan fingerprint density at radius 2 is 1.33 bits per heavy atom. The summed E-state index contributed by atoms with van der Waals surface area (Å²) >= 11 is 0. The van der Waals surface area contributed by atoms with E-state index >= 15 is 0 Å². The summed E-state index contributed by atoms with van der Waals surface area (Å²) in [7, 11) is 0. The topological polar surface area (TPSA) is 96.2 Å². The maximum absolute atomic E-state index is 8.25. The monoisotopic (exact) mass is 137 g/mol. The minimum atomic E-state index is -1.75. The molecule has 40 valence electrons. The van der Waals surface area contributed by atoms with E-state index in [2.05, 4.69) is 0 Å². The SMILES string of the molecule is O=[N+]([O-])[O-].[Ni+2].[OH-]. The van der Waals surface area contributed by atoms with Gasteiger partial charge in [-0.3, -0.25) is 0 Å². The van der Waals surface area contributed by atoms with Gasteiger partial charge >= 0.3 is 16.5 Å². The van der Waals surface area contributed by atoms with Crippen LogP contribution >= 0.6 is 0 Å². The molecule has 0 bridgehead atoms. The molecular weight excluding hydrogens is 137 g/mol. The first-order valence-corrected chi connectivity index (χ1v) is 0.548. The van der Waals surface area contributed by atoms with Crippen LogP contribution in [-0.2, 0) is 16.5 Å². The molecule has 0 saturated heterocycles. The van der Waals surface area contributed by atoms with Crippen molar-refractivity contribution in [1.82, 2.24) is 0 Å². The number of rotatable bonds is 0. The number of hydrogen-bond donors (Lipinski definition) is 0. The average Bonchev–Trinajstić information content (AvgIpc) is 0.811. The van der Waals surface area contributed by atoms with Gasteiger partial charge in [-0.25, -0.2) is 0 Å². The van der Waals surface area contributed by atoms with Crippen molar-refractivity contribution >= 4 is 0 Å². The summed E-state index contributed by atoms with van der Waals surface area (Å²) in [6.07, 6.45) is 0. The third-order valence-electron chi connectivity index (χ3n) is 0. The third-order valence-corrected chi connectivity index (χ3v) is 0. The molecule has 0 amide bonds. The molecule has 0 rings (SSSR count). The van der Waals surface area contributed by atoms with Gasteiger partial charge in [-0.2, -0.15) is 0 Å². The molecule has 6 heteroatoms. The van der Waals surface area contributed by atoms with Crippen molar-refractivity contribution in [3.05, 3.63) is 15.3 Å². The normalized spacial score (nSPS) is 4.00. The molecule has 0 aliphatic heterocycles. The molecular formula is HNNiO4. The molecule has 0 aromatic rings. The van der Waals surface area contributed by atoms with Gasteiger partial charge < -0.3 is 20.8 Å². The summed E-state index contributed by atoms with van der Waals surface area (Å²) in [5, 5.41) is 14.8. The van der Waals surface area contributed by atoms with Crippen LogP contribution < -0.4 is 0 Å². The van der Waals surface area contributed by atoms with Gasteiger partial charge in [0.25, 0.3) is 0 Å². The van der Waals surface area contributed by atoms with Crippen molar-refractivity contribution < 1.29 is 27.1 Å². The van der Waals surface area contributed by atoms with E-state index in [0.29, 0.717) is 0 Å².